The van der Waals surface area contributed by atoms with E-state index in [0.717, 1.165) is 12.1 Å². The average molecular weight is 441 g/mol. The van der Waals surface area contributed by atoms with Gasteiger partial charge < -0.3 is 14.8 Å². The summed E-state index contributed by atoms with van der Waals surface area (Å²) in [6.07, 6.45) is -0.0835. The lowest BCUT2D eigenvalue weighted by Crippen LogP contribution is -2.28. The van der Waals surface area contributed by atoms with Gasteiger partial charge in [-0.1, -0.05) is 0 Å². The molecular formula is C23H21F2N3O4. The maximum atomic E-state index is 14.4. The van der Waals surface area contributed by atoms with Crippen molar-refractivity contribution in [1.82, 2.24) is 9.78 Å². The van der Waals surface area contributed by atoms with E-state index in [0.29, 0.717) is 34.9 Å². The maximum Gasteiger partial charge on any atom is 0.226 e. The number of aryl methyl sites for hydroxylation is 1. The third-order valence-corrected chi connectivity index (χ3v) is 5.30. The topological polar surface area (TPSA) is 82.5 Å². The van der Waals surface area contributed by atoms with Gasteiger partial charge in [-0.15, -0.1) is 0 Å². The molecule has 1 amide bonds. The number of benzene rings is 2. The second-order valence-electron chi connectivity index (χ2n) is 7.32. The molecule has 1 aliphatic rings. The van der Waals surface area contributed by atoms with Gasteiger partial charge in [0.1, 0.15) is 17.3 Å². The standard InChI is InChI=1S/C23H21F2N3O4/c1-4-32-18-8-5-13(9-19(18)31-3)22(30)15-11-20(29)26-23-21(15)12(2)27-28(23)17-7-6-14(24)10-16(17)25/h5-10,15H,4,11H2,1-3H3,(H,26,29). The molecule has 1 aliphatic heterocycles. The minimum Gasteiger partial charge on any atom is -0.493 e. The number of hydrogen-bond donors (Lipinski definition) is 1. The molecule has 1 unspecified atom stereocenters. The van der Waals surface area contributed by atoms with Crippen LogP contribution in [0.3, 0.4) is 0 Å². The quantitative estimate of drug-likeness (QED) is 0.581. The van der Waals surface area contributed by atoms with Crippen molar-refractivity contribution in [1.29, 1.82) is 0 Å². The Kier molecular flexibility index (Phi) is 5.65. The number of carbonyl (C=O) groups is 2. The Morgan fingerprint density at radius 1 is 1.22 bits per heavy atom. The van der Waals surface area contributed by atoms with Gasteiger partial charge in [0.25, 0.3) is 0 Å². The second kappa shape index (κ2) is 8.41. The van der Waals surface area contributed by atoms with Gasteiger partial charge in [-0.05, 0) is 44.2 Å². The first kappa shape index (κ1) is 21.5. The number of nitrogens with one attached hydrogen (secondary N) is 1. The number of nitrogens with zero attached hydrogens (tertiary/aromatic N) is 2. The van der Waals surface area contributed by atoms with Gasteiger partial charge in [-0.25, -0.2) is 13.5 Å². The molecule has 0 saturated heterocycles. The van der Waals surface area contributed by atoms with E-state index in [1.54, 1.807) is 25.1 Å². The Bertz CT molecular complexity index is 1220. The van der Waals surface area contributed by atoms with Crippen molar-refractivity contribution in [3.8, 4) is 17.2 Å². The number of halogens is 2. The van der Waals surface area contributed by atoms with Crippen LogP contribution in [0.1, 0.15) is 40.9 Å². The molecule has 1 aromatic heterocycles. The van der Waals surface area contributed by atoms with Gasteiger partial charge in [0.2, 0.25) is 5.91 Å². The van der Waals surface area contributed by atoms with E-state index in [9.17, 15) is 18.4 Å². The maximum absolute atomic E-state index is 14.4. The number of anilines is 1. The van der Waals surface area contributed by atoms with Crippen LogP contribution in [0.15, 0.2) is 36.4 Å². The van der Waals surface area contributed by atoms with Gasteiger partial charge in [0.15, 0.2) is 23.1 Å². The lowest BCUT2D eigenvalue weighted by molar-refractivity contribution is -0.116. The number of aromatic nitrogens is 2. The number of Topliss-reactive ketones (excluding diaryl/α,β-unsaturated/α-hetero) is 1. The fraction of sp³-hybridized carbons (Fsp3) is 0.261. The summed E-state index contributed by atoms with van der Waals surface area (Å²) < 4.78 is 39.8. The van der Waals surface area contributed by atoms with E-state index < -0.39 is 23.5 Å². The van der Waals surface area contributed by atoms with Crippen LogP contribution in [0.4, 0.5) is 14.6 Å². The van der Waals surface area contributed by atoms with Gasteiger partial charge in [-0.3, -0.25) is 9.59 Å². The fourth-order valence-corrected chi connectivity index (χ4v) is 3.90. The number of rotatable bonds is 6. The normalized spacial score (nSPS) is 15.2. The molecular weight excluding hydrogens is 420 g/mol. The van der Waals surface area contributed by atoms with Gasteiger partial charge in [-0.2, -0.15) is 5.10 Å². The molecule has 2 aromatic carbocycles. The van der Waals surface area contributed by atoms with Crippen LogP contribution in [-0.4, -0.2) is 35.2 Å². The summed E-state index contributed by atoms with van der Waals surface area (Å²) >= 11 is 0. The Balaban J connectivity index is 1.78. The Morgan fingerprint density at radius 3 is 2.69 bits per heavy atom. The van der Waals surface area contributed by atoms with Crippen molar-refractivity contribution in [2.75, 3.05) is 19.0 Å². The van der Waals surface area contributed by atoms with E-state index >= 15 is 0 Å². The van der Waals surface area contributed by atoms with Crippen molar-refractivity contribution < 1.29 is 27.8 Å². The van der Waals surface area contributed by atoms with Crippen LogP contribution >= 0.6 is 0 Å². The fourth-order valence-electron chi connectivity index (χ4n) is 3.90. The first-order valence-corrected chi connectivity index (χ1v) is 10.0. The predicted octanol–water partition coefficient (Wildman–Crippen LogP) is 4.17. The van der Waals surface area contributed by atoms with Crippen molar-refractivity contribution in [2.24, 2.45) is 0 Å². The third kappa shape index (κ3) is 3.70. The predicted molar refractivity (Wildman–Crippen MR) is 113 cm³/mol. The van der Waals surface area contributed by atoms with E-state index in [4.69, 9.17) is 9.47 Å². The smallest absolute Gasteiger partial charge is 0.226 e. The molecule has 3 aromatic rings. The van der Waals surface area contributed by atoms with Gasteiger partial charge in [0, 0.05) is 23.6 Å². The highest BCUT2D eigenvalue weighted by Gasteiger charge is 2.37. The van der Waals surface area contributed by atoms with Gasteiger partial charge in [0.05, 0.1) is 25.3 Å². The first-order chi connectivity index (χ1) is 15.3. The highest BCUT2D eigenvalue weighted by molar-refractivity contribution is 6.08. The summed E-state index contributed by atoms with van der Waals surface area (Å²) in [6.45, 7) is 3.95. The molecule has 7 nitrogen and oxygen atoms in total. The summed E-state index contributed by atoms with van der Waals surface area (Å²) in [4.78, 5) is 25.9. The molecule has 9 heteroatoms. The van der Waals surface area contributed by atoms with Crippen LogP contribution < -0.4 is 14.8 Å². The average Bonchev–Trinajstić information content (AvgIpc) is 3.09. The molecule has 0 bridgehead atoms. The number of ether oxygens (including phenoxy) is 2. The minimum absolute atomic E-state index is 0.0353. The second-order valence-corrected chi connectivity index (χ2v) is 7.32. The summed E-state index contributed by atoms with van der Waals surface area (Å²) in [6, 6.07) is 7.88. The zero-order chi connectivity index (χ0) is 23.0. The van der Waals surface area contributed by atoms with Crippen molar-refractivity contribution in [3.63, 3.8) is 0 Å². The summed E-state index contributed by atoms with van der Waals surface area (Å²) in [5, 5.41) is 7.01. The summed E-state index contributed by atoms with van der Waals surface area (Å²) in [5.41, 5.74) is 1.26. The number of carbonyl (C=O) groups excluding carboxylic acids is 2. The lowest BCUT2D eigenvalue weighted by Gasteiger charge is -2.23. The molecule has 32 heavy (non-hydrogen) atoms. The molecule has 0 fully saturated rings. The molecule has 0 aliphatic carbocycles. The highest BCUT2D eigenvalue weighted by atomic mass is 19.1. The number of amides is 1. The van der Waals surface area contributed by atoms with Crippen LogP contribution in [0.25, 0.3) is 5.69 Å². The van der Waals surface area contributed by atoms with Gasteiger partial charge >= 0.3 is 0 Å². The third-order valence-electron chi connectivity index (χ3n) is 5.30. The Labute approximate surface area is 182 Å². The van der Waals surface area contributed by atoms with E-state index in [-0.39, 0.29) is 23.7 Å². The van der Waals surface area contributed by atoms with E-state index in [1.807, 2.05) is 6.92 Å². The van der Waals surface area contributed by atoms with Crippen LogP contribution in [0.5, 0.6) is 11.5 Å². The SMILES string of the molecule is CCOc1ccc(C(=O)C2CC(=O)Nc3c2c(C)nn3-c2ccc(F)cc2F)cc1OC. The monoisotopic (exact) mass is 441 g/mol. The Hall–Kier alpha value is -3.75. The molecule has 1 N–H and O–H groups in total. The number of methoxy groups -OCH3 is 1. The molecule has 2 heterocycles. The van der Waals surface area contributed by atoms with E-state index in [2.05, 4.69) is 10.4 Å². The summed E-state index contributed by atoms with van der Waals surface area (Å²) in [5.74, 6) is -2.00. The number of fused-ring (bicyclic) bond motifs is 1. The minimum atomic E-state index is -0.839. The molecule has 4 rings (SSSR count). The molecule has 0 spiro atoms. The van der Waals surface area contributed by atoms with Crippen LogP contribution in [0, 0.1) is 18.6 Å². The van der Waals surface area contributed by atoms with Crippen molar-refractivity contribution in [2.45, 2.75) is 26.2 Å². The molecule has 166 valence electrons. The highest BCUT2D eigenvalue weighted by Crippen LogP contribution is 2.39. The number of hydrogen-bond acceptors (Lipinski definition) is 5. The molecule has 0 radical (unpaired) electrons. The first-order valence-electron chi connectivity index (χ1n) is 10.0. The molecule has 1 atom stereocenters. The lowest BCUT2D eigenvalue weighted by atomic mass is 9.85. The van der Waals surface area contributed by atoms with Crippen LogP contribution in [0.2, 0.25) is 0 Å². The van der Waals surface area contributed by atoms with Crippen LogP contribution in [-0.2, 0) is 4.79 Å². The molecule has 0 saturated carbocycles. The summed E-state index contributed by atoms with van der Waals surface area (Å²) in [7, 11) is 1.48. The van der Waals surface area contributed by atoms with Crippen molar-refractivity contribution >= 4 is 17.5 Å². The van der Waals surface area contributed by atoms with Crippen molar-refractivity contribution in [3.05, 3.63) is 64.9 Å². The Morgan fingerprint density at radius 2 is 2.00 bits per heavy atom. The largest absolute Gasteiger partial charge is 0.493 e. The van der Waals surface area contributed by atoms with E-state index in [1.165, 1.54) is 17.9 Å². The zero-order valence-electron chi connectivity index (χ0n) is 17.7. The number of ketones is 1. The zero-order valence-corrected chi connectivity index (χ0v) is 17.7.